The van der Waals surface area contributed by atoms with Gasteiger partial charge in [0.05, 0.1) is 33.4 Å². The first-order chi connectivity index (χ1) is 33.2. The zero-order valence-corrected chi connectivity index (χ0v) is 36.3. The van der Waals surface area contributed by atoms with Gasteiger partial charge in [0.15, 0.2) is 17.0 Å². The third-order valence-corrected chi connectivity index (χ3v) is 13.0. The van der Waals surface area contributed by atoms with Crippen molar-refractivity contribution in [1.82, 2.24) is 9.13 Å². The lowest BCUT2D eigenvalue weighted by Gasteiger charge is -2.13. The van der Waals surface area contributed by atoms with Gasteiger partial charge in [0.25, 0.3) is 0 Å². The molecule has 5 nitrogen and oxygen atoms in total. The summed E-state index contributed by atoms with van der Waals surface area (Å²) >= 11 is 0. The Bertz CT molecular complexity index is 4070. The third-order valence-electron chi connectivity index (χ3n) is 13.0. The third kappa shape index (κ3) is 6.47. The molecule has 3 heterocycles. The molecule has 0 fully saturated rings. The van der Waals surface area contributed by atoms with Crippen LogP contribution in [0.4, 0.5) is 5.69 Å². The summed E-state index contributed by atoms with van der Waals surface area (Å²) in [4.78, 5) is 10.6. The van der Waals surface area contributed by atoms with Crippen LogP contribution in [0, 0.1) is 0 Å². The van der Waals surface area contributed by atoms with E-state index >= 15 is 0 Å². The highest BCUT2D eigenvalue weighted by atomic mass is 16.3. The molecule has 0 N–H and O–H groups in total. The van der Waals surface area contributed by atoms with Crippen molar-refractivity contribution in [3.05, 3.63) is 248 Å². The molecule has 0 aliphatic carbocycles. The fourth-order valence-electron chi connectivity index (χ4n) is 9.91. The molecule has 0 aliphatic heterocycles. The molecule has 0 saturated carbocycles. The number of furan rings is 1. The fraction of sp³-hybridized carbons (Fsp3) is 0. The van der Waals surface area contributed by atoms with Crippen molar-refractivity contribution in [3.63, 3.8) is 0 Å². The van der Waals surface area contributed by atoms with Crippen LogP contribution in [0.3, 0.4) is 0 Å². The van der Waals surface area contributed by atoms with Crippen molar-refractivity contribution in [2.75, 3.05) is 0 Å². The smallest absolute Gasteiger partial charge is 0.161 e. The lowest BCUT2D eigenvalue weighted by molar-refractivity contribution is 0.664. The molecule has 3 aromatic heterocycles. The van der Waals surface area contributed by atoms with Gasteiger partial charge in [-0.1, -0.05) is 194 Å². The minimum absolute atomic E-state index is 0.590. The molecule has 0 aliphatic rings. The van der Waals surface area contributed by atoms with Gasteiger partial charge < -0.3 is 13.6 Å². The predicted molar refractivity (Wildman–Crippen MR) is 280 cm³/mol. The van der Waals surface area contributed by atoms with Crippen molar-refractivity contribution in [1.29, 1.82) is 0 Å². The molecule has 0 radical (unpaired) electrons. The van der Waals surface area contributed by atoms with Crippen molar-refractivity contribution >= 4 is 83.3 Å². The molecule has 10 aromatic carbocycles. The van der Waals surface area contributed by atoms with Crippen LogP contribution >= 0.6 is 0 Å². The summed E-state index contributed by atoms with van der Waals surface area (Å²) < 4.78 is 12.2. The van der Waals surface area contributed by atoms with E-state index in [1.165, 1.54) is 16.3 Å². The molecule has 13 aromatic rings. The van der Waals surface area contributed by atoms with Gasteiger partial charge >= 0.3 is 0 Å². The highest BCUT2D eigenvalue weighted by Gasteiger charge is 2.24. The van der Waals surface area contributed by atoms with Crippen LogP contribution in [0.1, 0.15) is 11.1 Å². The molecule has 0 saturated heterocycles. The Morgan fingerprint density at radius 1 is 0.373 bits per heavy atom. The van der Waals surface area contributed by atoms with E-state index in [1.54, 1.807) is 0 Å². The van der Waals surface area contributed by atoms with Gasteiger partial charge in [0.2, 0.25) is 0 Å². The molecule has 314 valence electrons. The van der Waals surface area contributed by atoms with Gasteiger partial charge in [-0.05, 0) is 70.3 Å². The number of aliphatic imine (C=N–C) groups is 2. The lowest BCUT2D eigenvalue weighted by atomic mass is 10.0. The van der Waals surface area contributed by atoms with E-state index < -0.39 is 0 Å². The van der Waals surface area contributed by atoms with Crippen molar-refractivity contribution < 1.29 is 4.42 Å². The monoisotopic (exact) mass is 856 g/mol. The number of rotatable bonds is 7. The van der Waals surface area contributed by atoms with E-state index in [1.807, 2.05) is 42.6 Å². The Morgan fingerprint density at radius 2 is 0.866 bits per heavy atom. The van der Waals surface area contributed by atoms with E-state index in [4.69, 9.17) is 14.4 Å². The summed E-state index contributed by atoms with van der Waals surface area (Å²) in [6.07, 6.45) is 1.89. The Balaban J connectivity index is 1.13. The number of amidine groups is 1. The largest absolute Gasteiger partial charge is 0.452 e. The first-order valence-corrected chi connectivity index (χ1v) is 22.6. The Morgan fingerprint density at radius 3 is 1.51 bits per heavy atom. The van der Waals surface area contributed by atoms with Crippen LogP contribution < -0.4 is 0 Å². The van der Waals surface area contributed by atoms with Gasteiger partial charge in [-0.15, -0.1) is 0 Å². The zero-order valence-electron chi connectivity index (χ0n) is 36.3. The summed E-state index contributed by atoms with van der Waals surface area (Å²) in [5.74, 6) is 0.590. The first kappa shape index (κ1) is 38.4. The van der Waals surface area contributed by atoms with Gasteiger partial charge in [-0.3, -0.25) is 0 Å². The maximum atomic E-state index is 7.50. The van der Waals surface area contributed by atoms with Crippen LogP contribution in [0.25, 0.3) is 99.2 Å². The average Bonchev–Trinajstić information content (AvgIpc) is 4.06. The summed E-state index contributed by atoms with van der Waals surface area (Å²) in [5.41, 5.74) is 14.9. The molecule has 5 heteroatoms. The van der Waals surface area contributed by atoms with E-state index in [0.717, 1.165) is 99.7 Å². The van der Waals surface area contributed by atoms with Crippen LogP contribution in [0.5, 0.6) is 0 Å². The number of hydrogen-bond acceptors (Lipinski definition) is 2. The van der Waals surface area contributed by atoms with Gasteiger partial charge in [0, 0.05) is 44.1 Å². The topological polar surface area (TPSA) is 47.7 Å². The maximum absolute atomic E-state index is 7.50. The molecule has 0 spiro atoms. The second-order valence-corrected chi connectivity index (χ2v) is 16.9. The highest BCUT2D eigenvalue weighted by molar-refractivity contribution is 6.18. The molecule has 0 bridgehead atoms. The Labute approximate surface area is 386 Å². The van der Waals surface area contributed by atoms with Gasteiger partial charge in [0.1, 0.15) is 5.69 Å². The van der Waals surface area contributed by atoms with E-state index in [0.29, 0.717) is 5.84 Å². The van der Waals surface area contributed by atoms with Gasteiger partial charge in [-0.2, -0.15) is 0 Å². The number of fused-ring (bicyclic) bond motifs is 9. The normalized spacial score (nSPS) is 12.2. The lowest BCUT2D eigenvalue weighted by Crippen LogP contribution is -2.00. The second-order valence-electron chi connectivity index (χ2n) is 16.9. The summed E-state index contributed by atoms with van der Waals surface area (Å²) in [7, 11) is 0. The minimum atomic E-state index is 0.590. The number of nitrogens with zero attached hydrogens (tertiary/aromatic N) is 4. The maximum Gasteiger partial charge on any atom is 0.161 e. The van der Waals surface area contributed by atoms with Crippen LogP contribution in [0.15, 0.2) is 251 Å². The zero-order chi connectivity index (χ0) is 44.3. The Hall–Kier alpha value is -9.06. The number of benzene rings is 10. The summed E-state index contributed by atoms with van der Waals surface area (Å²) in [6.45, 7) is 0. The number of aromatic nitrogens is 2. The molecule has 13 rings (SSSR count). The molecule has 0 atom stereocenters. The van der Waals surface area contributed by atoms with Crippen LogP contribution in [-0.2, 0) is 0 Å². The second kappa shape index (κ2) is 15.9. The first-order valence-electron chi connectivity index (χ1n) is 22.6. The summed E-state index contributed by atoms with van der Waals surface area (Å²) in [6, 6.07) is 83.3. The van der Waals surface area contributed by atoms with E-state index in [-0.39, 0.29) is 0 Å². The number of hydrogen-bond donors (Lipinski definition) is 0. The van der Waals surface area contributed by atoms with Crippen LogP contribution in [-0.4, -0.2) is 21.2 Å². The van der Waals surface area contributed by atoms with Crippen molar-refractivity contribution in [2.24, 2.45) is 9.98 Å². The molecule has 67 heavy (non-hydrogen) atoms. The van der Waals surface area contributed by atoms with E-state index in [9.17, 15) is 0 Å². The molecule has 0 unspecified atom stereocenters. The van der Waals surface area contributed by atoms with Gasteiger partial charge in [-0.25, -0.2) is 9.98 Å². The molecular weight excluding hydrogens is 817 g/mol. The standard InChI is InChI=1S/C62H40N4O/c1-5-18-41(19-6-1)40-63-62(44-24-11-4-12-25-44)64-53-37-36-52-51-28-17-31-56(65-54-29-15-13-26-47(54)49-34-32-45(38-57(49)65)42-20-7-2-8-21-42)60(51)67-61(52)59(53)66-55-30-16-14-27-48(55)50-35-33-46(39-58(50)66)43-22-9-3-10-23-43/h1-40H/b63-40+,64-62-. The molecular formula is C62H40N4O. The van der Waals surface area contributed by atoms with Crippen LogP contribution in [0.2, 0.25) is 0 Å². The fourth-order valence-corrected chi connectivity index (χ4v) is 9.91. The Kier molecular flexibility index (Phi) is 9.10. The minimum Gasteiger partial charge on any atom is -0.452 e. The highest BCUT2D eigenvalue weighted by Crippen LogP contribution is 2.45. The average molecular weight is 857 g/mol. The van der Waals surface area contributed by atoms with Crippen molar-refractivity contribution in [3.8, 4) is 33.6 Å². The SMILES string of the molecule is C(=N\C(=N/c1ccc2c(oc3c(-n4c5ccccc5c5ccc(-c6ccccc6)cc54)cccc32)c1-n1c2ccccc2c2ccc(-c3ccccc3)cc21)c1ccccc1)/c1ccccc1. The van der Waals surface area contributed by atoms with E-state index in [2.05, 4.69) is 209 Å². The summed E-state index contributed by atoms with van der Waals surface area (Å²) in [5, 5.41) is 6.67. The number of para-hydroxylation sites is 3. The molecule has 0 amide bonds. The quantitative estimate of drug-likeness (QED) is 0.116. The predicted octanol–water partition coefficient (Wildman–Crippen LogP) is 16.3. The van der Waals surface area contributed by atoms with Crippen molar-refractivity contribution in [2.45, 2.75) is 0 Å².